The van der Waals surface area contributed by atoms with Crippen LogP contribution in [0, 0.1) is 5.92 Å². The average molecular weight is 481 g/mol. The second-order valence-corrected chi connectivity index (χ2v) is 10.7. The van der Waals surface area contributed by atoms with Crippen LogP contribution in [0.25, 0.3) is 5.69 Å². The number of aromatic nitrogens is 2. The standard InChI is InChI=1S/C27H29ClN2O2S/c28-20-11-13-21(14-12-20)30-26(23-7-4-8-25(23)29-30)24(18-5-2-1-3-6-18)17-33-22-15-9-19(10-16-22)27(31)32/h9-16,18,24H,1-8,17H2,(H,31,32). The Hall–Kier alpha value is -2.24. The number of aromatic carboxylic acids is 1. The van der Waals surface area contributed by atoms with Crippen LogP contribution in [0.5, 0.6) is 0 Å². The van der Waals surface area contributed by atoms with E-state index in [1.807, 2.05) is 36.0 Å². The third kappa shape index (κ3) is 4.85. The highest BCUT2D eigenvalue weighted by molar-refractivity contribution is 7.99. The molecule has 2 aromatic carbocycles. The van der Waals surface area contributed by atoms with E-state index in [-0.39, 0.29) is 0 Å². The molecule has 1 N–H and O–H groups in total. The van der Waals surface area contributed by atoms with Gasteiger partial charge in [-0.05, 0) is 92.1 Å². The molecule has 0 aliphatic heterocycles. The summed E-state index contributed by atoms with van der Waals surface area (Å²) in [6.07, 6.45) is 9.83. The molecule has 3 aromatic rings. The lowest BCUT2D eigenvalue weighted by Gasteiger charge is -2.31. The van der Waals surface area contributed by atoms with Crippen molar-refractivity contribution < 1.29 is 9.90 Å². The van der Waals surface area contributed by atoms with Crippen LogP contribution in [-0.2, 0) is 12.8 Å². The molecule has 0 bridgehead atoms. The van der Waals surface area contributed by atoms with Gasteiger partial charge in [0.2, 0.25) is 0 Å². The fourth-order valence-electron chi connectivity index (χ4n) is 5.43. The molecule has 1 saturated carbocycles. The summed E-state index contributed by atoms with van der Waals surface area (Å²) < 4.78 is 2.20. The summed E-state index contributed by atoms with van der Waals surface area (Å²) >= 11 is 8.01. The lowest BCUT2D eigenvalue weighted by atomic mass is 9.78. The molecule has 0 saturated heterocycles. The third-order valence-electron chi connectivity index (χ3n) is 7.12. The lowest BCUT2D eigenvalue weighted by molar-refractivity contribution is 0.0697. The Balaban J connectivity index is 1.50. The van der Waals surface area contributed by atoms with Crippen molar-refractivity contribution in [1.29, 1.82) is 0 Å². The number of rotatable bonds is 7. The van der Waals surface area contributed by atoms with Crippen molar-refractivity contribution >= 4 is 29.3 Å². The maximum Gasteiger partial charge on any atom is 0.335 e. The van der Waals surface area contributed by atoms with Gasteiger partial charge in [-0.1, -0.05) is 30.9 Å². The highest BCUT2D eigenvalue weighted by atomic mass is 35.5. The van der Waals surface area contributed by atoms with Crippen LogP contribution in [0.4, 0.5) is 0 Å². The first-order valence-electron chi connectivity index (χ1n) is 11.9. The Morgan fingerprint density at radius 1 is 1.03 bits per heavy atom. The molecule has 0 spiro atoms. The van der Waals surface area contributed by atoms with E-state index in [9.17, 15) is 9.90 Å². The zero-order valence-corrected chi connectivity index (χ0v) is 20.2. The van der Waals surface area contributed by atoms with Crippen molar-refractivity contribution in [2.24, 2.45) is 5.92 Å². The summed E-state index contributed by atoms with van der Waals surface area (Å²) in [7, 11) is 0. The van der Waals surface area contributed by atoms with Gasteiger partial charge < -0.3 is 5.11 Å². The quantitative estimate of drug-likeness (QED) is 0.364. The molecular weight excluding hydrogens is 452 g/mol. The number of carboxylic acids is 1. The number of carbonyl (C=O) groups is 1. The third-order valence-corrected chi connectivity index (χ3v) is 8.50. The average Bonchev–Trinajstić information content (AvgIpc) is 3.43. The molecule has 1 heterocycles. The van der Waals surface area contributed by atoms with Gasteiger partial charge in [-0.25, -0.2) is 9.48 Å². The number of fused-ring (bicyclic) bond motifs is 1. The van der Waals surface area contributed by atoms with Crippen LogP contribution < -0.4 is 0 Å². The Kier molecular flexibility index (Phi) is 6.79. The maximum absolute atomic E-state index is 11.2. The van der Waals surface area contributed by atoms with Crippen molar-refractivity contribution in [3.05, 3.63) is 76.1 Å². The first kappa shape index (κ1) is 22.5. The van der Waals surface area contributed by atoms with Crippen molar-refractivity contribution in [2.45, 2.75) is 62.2 Å². The number of nitrogens with zero attached hydrogens (tertiary/aromatic N) is 2. The van der Waals surface area contributed by atoms with E-state index >= 15 is 0 Å². The number of halogens is 1. The van der Waals surface area contributed by atoms with Gasteiger partial charge in [0, 0.05) is 21.6 Å². The Labute approximate surface area is 204 Å². The van der Waals surface area contributed by atoms with Crippen LogP contribution in [0.1, 0.15) is 71.8 Å². The van der Waals surface area contributed by atoms with Gasteiger partial charge in [0.1, 0.15) is 0 Å². The van der Waals surface area contributed by atoms with Gasteiger partial charge in [-0.2, -0.15) is 5.10 Å². The molecule has 6 heteroatoms. The van der Waals surface area contributed by atoms with Gasteiger partial charge in [0.05, 0.1) is 22.6 Å². The number of aryl methyl sites for hydroxylation is 1. The van der Waals surface area contributed by atoms with E-state index < -0.39 is 5.97 Å². The predicted octanol–water partition coefficient (Wildman–Crippen LogP) is 7.17. The molecule has 0 amide bonds. The highest BCUT2D eigenvalue weighted by Gasteiger charge is 2.33. The van der Waals surface area contributed by atoms with Crippen LogP contribution in [0.2, 0.25) is 5.02 Å². The molecule has 33 heavy (non-hydrogen) atoms. The second-order valence-electron chi connectivity index (χ2n) is 9.20. The minimum Gasteiger partial charge on any atom is -0.478 e. The summed E-state index contributed by atoms with van der Waals surface area (Å²) in [5.41, 5.74) is 5.53. The first-order valence-corrected chi connectivity index (χ1v) is 13.3. The van der Waals surface area contributed by atoms with Crippen molar-refractivity contribution in [1.82, 2.24) is 9.78 Å². The Bertz CT molecular complexity index is 1120. The normalized spacial score (nSPS) is 17.1. The molecule has 2 aliphatic carbocycles. The zero-order valence-electron chi connectivity index (χ0n) is 18.7. The van der Waals surface area contributed by atoms with E-state index in [0.717, 1.165) is 34.2 Å². The molecule has 1 atom stereocenters. The molecule has 1 unspecified atom stereocenters. The molecule has 1 aromatic heterocycles. The Morgan fingerprint density at radius 2 is 1.76 bits per heavy atom. The zero-order chi connectivity index (χ0) is 22.8. The van der Waals surface area contributed by atoms with Crippen molar-refractivity contribution in [3.8, 4) is 5.69 Å². The van der Waals surface area contributed by atoms with Gasteiger partial charge in [0.15, 0.2) is 0 Å². The van der Waals surface area contributed by atoms with E-state index in [4.69, 9.17) is 16.7 Å². The molecule has 2 aliphatic rings. The fraction of sp³-hybridized carbons (Fsp3) is 0.407. The molecule has 4 nitrogen and oxygen atoms in total. The van der Waals surface area contributed by atoms with Crippen LogP contribution in [-0.4, -0.2) is 26.6 Å². The monoisotopic (exact) mass is 480 g/mol. The van der Waals surface area contributed by atoms with E-state index in [0.29, 0.717) is 17.4 Å². The van der Waals surface area contributed by atoms with Gasteiger partial charge in [0.25, 0.3) is 0 Å². The molecule has 172 valence electrons. The largest absolute Gasteiger partial charge is 0.478 e. The van der Waals surface area contributed by atoms with Gasteiger partial charge in [-0.3, -0.25) is 0 Å². The minimum absolute atomic E-state index is 0.335. The van der Waals surface area contributed by atoms with Crippen LogP contribution >= 0.6 is 23.4 Å². The number of thioether (sulfide) groups is 1. The maximum atomic E-state index is 11.2. The second kappa shape index (κ2) is 9.94. The fourth-order valence-corrected chi connectivity index (χ4v) is 6.69. The topological polar surface area (TPSA) is 55.1 Å². The number of benzene rings is 2. The molecule has 1 fully saturated rings. The van der Waals surface area contributed by atoms with Crippen LogP contribution in [0.15, 0.2) is 53.4 Å². The minimum atomic E-state index is -0.880. The lowest BCUT2D eigenvalue weighted by Crippen LogP contribution is -2.22. The first-order chi connectivity index (χ1) is 16.1. The van der Waals surface area contributed by atoms with Gasteiger partial charge >= 0.3 is 5.97 Å². The summed E-state index contributed by atoms with van der Waals surface area (Å²) in [4.78, 5) is 12.3. The van der Waals surface area contributed by atoms with Gasteiger partial charge in [-0.15, -0.1) is 11.8 Å². The summed E-state index contributed by atoms with van der Waals surface area (Å²) in [6.45, 7) is 0. The smallest absolute Gasteiger partial charge is 0.335 e. The number of hydrogen-bond donors (Lipinski definition) is 1. The van der Waals surface area contributed by atoms with E-state index in [2.05, 4.69) is 16.8 Å². The van der Waals surface area contributed by atoms with E-state index in [1.165, 1.54) is 55.5 Å². The SMILES string of the molecule is O=C(O)c1ccc(SCC(c2c3c(nn2-c2ccc(Cl)cc2)CCC3)C2CCCCC2)cc1. The van der Waals surface area contributed by atoms with Crippen molar-refractivity contribution in [2.75, 3.05) is 5.75 Å². The molecule has 0 radical (unpaired) electrons. The van der Waals surface area contributed by atoms with Crippen LogP contribution in [0.3, 0.4) is 0 Å². The molecule has 5 rings (SSSR count). The predicted molar refractivity (Wildman–Crippen MR) is 134 cm³/mol. The molecular formula is C27H29ClN2O2S. The van der Waals surface area contributed by atoms with E-state index in [1.54, 1.807) is 12.1 Å². The Morgan fingerprint density at radius 3 is 2.45 bits per heavy atom. The highest BCUT2D eigenvalue weighted by Crippen LogP contribution is 2.43. The number of carboxylic acid groups (broad SMARTS) is 1. The summed E-state index contributed by atoms with van der Waals surface area (Å²) in [6, 6.07) is 15.3. The van der Waals surface area contributed by atoms with Crippen molar-refractivity contribution in [3.63, 3.8) is 0 Å². The summed E-state index contributed by atoms with van der Waals surface area (Å²) in [5.74, 6) is 1.16. The number of hydrogen-bond acceptors (Lipinski definition) is 3. The summed E-state index contributed by atoms with van der Waals surface area (Å²) in [5, 5.41) is 15.0.